The molecule has 0 unspecified atom stereocenters. The molecule has 0 saturated carbocycles. The Bertz CT molecular complexity index is 412. The molecule has 0 bridgehead atoms. The van der Waals surface area contributed by atoms with Gasteiger partial charge in [0.15, 0.2) is 0 Å². The topological polar surface area (TPSA) is 48.8 Å². The zero-order valence-electron chi connectivity index (χ0n) is 11.1. The molecule has 1 aromatic rings. The van der Waals surface area contributed by atoms with Crippen molar-refractivity contribution in [2.45, 2.75) is 19.5 Å². The van der Waals surface area contributed by atoms with Gasteiger partial charge < -0.3 is 0 Å². The van der Waals surface area contributed by atoms with Crippen molar-refractivity contribution in [1.29, 1.82) is 0 Å². The first-order valence-corrected chi connectivity index (χ1v) is 7.63. The highest BCUT2D eigenvalue weighted by Crippen LogP contribution is 2.14. The lowest BCUT2D eigenvalue weighted by atomic mass is 10.1. The number of pyridine rings is 1. The molecule has 0 N–H and O–H groups in total. The third-order valence-corrected chi connectivity index (χ3v) is 4.17. The minimum atomic E-state index is 0.397. The summed E-state index contributed by atoms with van der Waals surface area (Å²) in [6.07, 6.45) is 1.96. The zero-order valence-corrected chi connectivity index (χ0v) is 13.3. The number of nitroso groups, excluding NO2 is 1. The lowest BCUT2D eigenvalue weighted by Crippen LogP contribution is -2.51. The fourth-order valence-corrected chi connectivity index (χ4v) is 2.74. The Hall–Kier alpha value is -0.600. The molecular formula is C13H19IN4O. The van der Waals surface area contributed by atoms with Crippen LogP contribution in [-0.4, -0.2) is 53.5 Å². The Morgan fingerprint density at radius 2 is 2.32 bits per heavy atom. The number of piperazine rings is 1. The third kappa shape index (κ3) is 4.47. The maximum absolute atomic E-state index is 10.2. The Labute approximate surface area is 127 Å². The molecule has 19 heavy (non-hydrogen) atoms. The van der Waals surface area contributed by atoms with E-state index in [1.807, 2.05) is 12.3 Å². The van der Waals surface area contributed by atoms with Crippen molar-refractivity contribution in [2.24, 2.45) is 5.18 Å². The van der Waals surface area contributed by atoms with Crippen LogP contribution in [0.4, 0.5) is 0 Å². The lowest BCUT2D eigenvalue weighted by Gasteiger charge is -2.39. The molecule has 1 aliphatic rings. The van der Waals surface area contributed by atoms with Gasteiger partial charge in [0, 0.05) is 45.0 Å². The first-order valence-electron chi connectivity index (χ1n) is 6.55. The van der Waals surface area contributed by atoms with E-state index in [1.165, 1.54) is 5.56 Å². The van der Waals surface area contributed by atoms with Crippen molar-refractivity contribution in [3.05, 3.63) is 32.5 Å². The highest BCUT2D eigenvalue weighted by Gasteiger charge is 2.23. The molecule has 1 saturated heterocycles. The molecule has 5 nitrogen and oxygen atoms in total. The van der Waals surface area contributed by atoms with Crippen LogP contribution in [0.3, 0.4) is 0 Å². The van der Waals surface area contributed by atoms with E-state index < -0.39 is 0 Å². The van der Waals surface area contributed by atoms with E-state index in [-0.39, 0.29) is 0 Å². The van der Waals surface area contributed by atoms with Gasteiger partial charge in [-0.15, -0.1) is 0 Å². The Morgan fingerprint density at radius 1 is 1.47 bits per heavy atom. The van der Waals surface area contributed by atoms with Crippen molar-refractivity contribution in [1.82, 2.24) is 14.8 Å². The number of hydrogen-bond acceptors (Lipinski definition) is 5. The van der Waals surface area contributed by atoms with Crippen molar-refractivity contribution in [3.8, 4) is 0 Å². The van der Waals surface area contributed by atoms with Gasteiger partial charge >= 0.3 is 0 Å². The zero-order chi connectivity index (χ0) is 13.7. The molecule has 104 valence electrons. The van der Waals surface area contributed by atoms with E-state index in [0.29, 0.717) is 12.6 Å². The lowest BCUT2D eigenvalue weighted by molar-refractivity contribution is 0.0796. The number of nitrogens with zero attached hydrogens (tertiary/aromatic N) is 4. The van der Waals surface area contributed by atoms with Gasteiger partial charge in [-0.1, -0.05) is 11.2 Å². The monoisotopic (exact) mass is 374 g/mol. The average Bonchev–Trinajstić information content (AvgIpc) is 2.41. The summed E-state index contributed by atoms with van der Waals surface area (Å²) < 4.78 is 1.03. The van der Waals surface area contributed by atoms with Crippen molar-refractivity contribution >= 4 is 22.6 Å². The molecule has 0 aliphatic carbocycles. The molecule has 2 rings (SSSR count). The summed E-state index contributed by atoms with van der Waals surface area (Å²) in [7, 11) is 0. The van der Waals surface area contributed by atoms with Gasteiger partial charge in [0.2, 0.25) is 0 Å². The van der Waals surface area contributed by atoms with E-state index in [0.717, 1.165) is 36.4 Å². The van der Waals surface area contributed by atoms with Crippen LogP contribution in [0.2, 0.25) is 0 Å². The van der Waals surface area contributed by atoms with Crippen LogP contribution in [0.5, 0.6) is 0 Å². The summed E-state index contributed by atoms with van der Waals surface area (Å²) in [5, 5.41) is 2.94. The molecular weight excluding hydrogens is 355 g/mol. The van der Waals surface area contributed by atoms with Crippen LogP contribution in [0.25, 0.3) is 0 Å². The van der Waals surface area contributed by atoms with Crippen LogP contribution >= 0.6 is 22.6 Å². The van der Waals surface area contributed by atoms with Gasteiger partial charge in [-0.2, -0.15) is 4.91 Å². The van der Waals surface area contributed by atoms with E-state index in [4.69, 9.17) is 0 Å². The second-order valence-electron chi connectivity index (χ2n) is 4.96. The summed E-state index contributed by atoms with van der Waals surface area (Å²) in [6, 6.07) is 4.69. The highest BCUT2D eigenvalue weighted by molar-refractivity contribution is 14.1. The molecule has 2 heterocycles. The minimum Gasteiger partial charge on any atom is -0.299 e. The third-order valence-electron chi connectivity index (χ3n) is 3.53. The van der Waals surface area contributed by atoms with Gasteiger partial charge in [0.25, 0.3) is 0 Å². The Kier molecular flexibility index (Phi) is 5.65. The maximum atomic E-state index is 10.2. The van der Waals surface area contributed by atoms with Crippen LogP contribution in [0.1, 0.15) is 12.5 Å². The normalized spacial score (nSPS) is 21.5. The fraction of sp³-hybridized carbons (Fsp3) is 0.615. The van der Waals surface area contributed by atoms with Crippen LogP contribution in [0.15, 0.2) is 23.5 Å². The Balaban J connectivity index is 1.85. The molecule has 1 atom stereocenters. The standard InChI is InChI=1S/C13H19IN4O/c1-11-9-17(5-4-16-19)6-7-18(11)10-12-2-3-13(14)15-8-12/h2-3,8,11H,4-7,9-10H2,1H3/t11-/m1/s1. The summed E-state index contributed by atoms with van der Waals surface area (Å²) >= 11 is 2.22. The minimum absolute atomic E-state index is 0.397. The van der Waals surface area contributed by atoms with Crippen LogP contribution in [-0.2, 0) is 6.54 Å². The molecule has 1 aliphatic heterocycles. The summed E-state index contributed by atoms with van der Waals surface area (Å²) in [5.74, 6) is 0. The molecule has 6 heteroatoms. The molecule has 1 fully saturated rings. The molecule has 0 amide bonds. The van der Waals surface area contributed by atoms with Gasteiger partial charge in [0.1, 0.15) is 3.70 Å². The Morgan fingerprint density at radius 3 is 2.95 bits per heavy atom. The van der Waals surface area contributed by atoms with Crippen molar-refractivity contribution in [2.75, 3.05) is 32.7 Å². The van der Waals surface area contributed by atoms with Crippen LogP contribution in [0, 0.1) is 8.61 Å². The summed E-state index contributed by atoms with van der Waals surface area (Å²) in [5.41, 5.74) is 1.26. The highest BCUT2D eigenvalue weighted by atomic mass is 127. The predicted octanol–water partition coefficient (Wildman–Crippen LogP) is 1.96. The molecule has 0 spiro atoms. The fourth-order valence-electron chi connectivity index (χ4n) is 2.43. The number of hydrogen-bond donors (Lipinski definition) is 0. The van der Waals surface area contributed by atoms with Crippen molar-refractivity contribution < 1.29 is 0 Å². The van der Waals surface area contributed by atoms with Crippen molar-refractivity contribution in [3.63, 3.8) is 0 Å². The van der Waals surface area contributed by atoms with Gasteiger partial charge in [0.05, 0.1) is 6.54 Å². The average molecular weight is 374 g/mol. The number of rotatable bonds is 5. The number of aromatic nitrogens is 1. The second-order valence-corrected chi connectivity index (χ2v) is 6.07. The van der Waals surface area contributed by atoms with E-state index in [1.54, 1.807) is 0 Å². The van der Waals surface area contributed by atoms with E-state index in [9.17, 15) is 4.91 Å². The SMILES string of the molecule is C[C@@H]1CN(CCN=O)CCN1Cc1ccc(I)nc1. The first-order chi connectivity index (χ1) is 9.19. The van der Waals surface area contributed by atoms with Gasteiger partial charge in [-0.05, 0) is 41.1 Å². The van der Waals surface area contributed by atoms with Gasteiger partial charge in [-0.3, -0.25) is 14.8 Å². The predicted molar refractivity (Wildman–Crippen MR) is 83.9 cm³/mol. The first kappa shape index (κ1) is 14.8. The number of halogens is 1. The smallest absolute Gasteiger partial charge is 0.101 e. The van der Waals surface area contributed by atoms with E-state index in [2.05, 4.69) is 55.5 Å². The quantitative estimate of drug-likeness (QED) is 0.449. The van der Waals surface area contributed by atoms with E-state index >= 15 is 0 Å². The van der Waals surface area contributed by atoms with Crippen LogP contribution < -0.4 is 0 Å². The maximum Gasteiger partial charge on any atom is 0.101 e. The summed E-state index contributed by atoms with van der Waals surface area (Å²) in [4.78, 5) is 19.3. The van der Waals surface area contributed by atoms with Gasteiger partial charge in [-0.25, -0.2) is 0 Å². The molecule has 0 aromatic carbocycles. The summed E-state index contributed by atoms with van der Waals surface area (Å²) in [6.45, 7) is 7.42. The largest absolute Gasteiger partial charge is 0.299 e. The molecule has 0 radical (unpaired) electrons. The second kappa shape index (κ2) is 7.25. The molecule has 1 aromatic heterocycles.